The quantitative estimate of drug-likeness (QED) is 0.566. The molecule has 0 saturated carbocycles. The third-order valence-corrected chi connectivity index (χ3v) is 4.32. The van der Waals surface area contributed by atoms with Crippen LogP contribution in [-0.4, -0.2) is 15.0 Å². The number of fused-ring (bicyclic) bond motifs is 2. The molecule has 118 valence electrons. The van der Waals surface area contributed by atoms with Gasteiger partial charge in [0.15, 0.2) is 0 Å². The molecule has 24 heavy (non-hydrogen) atoms. The van der Waals surface area contributed by atoms with Gasteiger partial charge in [-0.3, -0.25) is 14.8 Å². The van der Waals surface area contributed by atoms with Crippen LogP contribution < -0.4 is 11.2 Å². The minimum absolute atomic E-state index is 0.292. The summed E-state index contributed by atoms with van der Waals surface area (Å²) in [6.07, 6.45) is 7.22. The first-order valence-corrected chi connectivity index (χ1v) is 7.69. The highest BCUT2D eigenvalue weighted by molar-refractivity contribution is 5.76. The maximum Gasteiger partial charge on any atom is 0.325 e. The number of nitrogens with zero attached hydrogens (tertiary/aromatic N) is 1. The van der Waals surface area contributed by atoms with Gasteiger partial charge in [-0.05, 0) is 35.8 Å². The lowest BCUT2D eigenvalue weighted by molar-refractivity contribution is 0.888. The summed E-state index contributed by atoms with van der Waals surface area (Å²) >= 11 is 0. The molecule has 5 nitrogen and oxygen atoms in total. The second-order valence-electron chi connectivity index (χ2n) is 5.90. The fourth-order valence-corrected chi connectivity index (χ4v) is 3.22. The third-order valence-electron chi connectivity index (χ3n) is 4.32. The van der Waals surface area contributed by atoms with Crippen LogP contribution in [0.5, 0.6) is 0 Å². The topological polar surface area (TPSA) is 78.6 Å². The predicted octanol–water partition coefficient (Wildman–Crippen LogP) is 2.43. The first-order valence-electron chi connectivity index (χ1n) is 7.69. The summed E-state index contributed by atoms with van der Waals surface area (Å²) in [7, 11) is 0. The van der Waals surface area contributed by atoms with Gasteiger partial charge >= 0.3 is 5.69 Å². The normalized spacial score (nSPS) is 15.5. The second-order valence-corrected chi connectivity index (χ2v) is 5.90. The fraction of sp³-hybridized carbons (Fsp3) is 0.105. The maximum atomic E-state index is 12.4. The van der Waals surface area contributed by atoms with Crippen molar-refractivity contribution in [2.45, 2.75) is 12.8 Å². The molecular weight excluding hydrogens is 302 g/mol. The van der Waals surface area contributed by atoms with Crippen LogP contribution in [0.1, 0.15) is 39.4 Å². The number of H-pyrrole nitrogens is 2. The van der Waals surface area contributed by atoms with Crippen LogP contribution in [0.2, 0.25) is 0 Å². The van der Waals surface area contributed by atoms with Crippen LogP contribution in [-0.2, 0) is 0 Å². The first kappa shape index (κ1) is 14.4. The van der Waals surface area contributed by atoms with Crippen LogP contribution in [0.4, 0.5) is 0 Å². The molecule has 0 bridgehead atoms. The summed E-state index contributed by atoms with van der Waals surface area (Å²) in [5, 5.41) is 0. The molecule has 1 aliphatic carbocycles. The monoisotopic (exact) mass is 317 g/mol. The van der Waals surface area contributed by atoms with Crippen molar-refractivity contribution in [1.82, 2.24) is 15.0 Å². The molecule has 1 unspecified atom stereocenters. The Morgan fingerprint density at radius 1 is 1.04 bits per heavy atom. The van der Waals surface area contributed by atoms with Gasteiger partial charge in [0, 0.05) is 23.9 Å². The molecule has 1 aliphatic rings. The van der Waals surface area contributed by atoms with Gasteiger partial charge in [-0.1, -0.05) is 35.9 Å². The van der Waals surface area contributed by atoms with Crippen molar-refractivity contribution in [2.24, 2.45) is 0 Å². The van der Waals surface area contributed by atoms with E-state index in [1.54, 1.807) is 6.20 Å². The number of hydrogen-bond acceptors (Lipinski definition) is 3. The molecule has 0 radical (unpaired) electrons. The summed E-state index contributed by atoms with van der Waals surface area (Å²) in [6.45, 7) is 2.03. The van der Waals surface area contributed by atoms with Crippen LogP contribution in [0.3, 0.4) is 0 Å². The smallest absolute Gasteiger partial charge is 0.314 e. The van der Waals surface area contributed by atoms with Gasteiger partial charge < -0.3 is 4.98 Å². The molecule has 5 heteroatoms. The molecule has 1 aromatic carbocycles. The number of aryl methyl sites for hydroxylation is 1. The van der Waals surface area contributed by atoms with E-state index < -0.39 is 5.69 Å². The van der Waals surface area contributed by atoms with Gasteiger partial charge in [-0.2, -0.15) is 0 Å². The highest BCUT2D eigenvalue weighted by atomic mass is 16.2. The number of nitrogens with one attached hydrogen (secondary N) is 2. The Kier molecular flexibility index (Phi) is 3.27. The van der Waals surface area contributed by atoms with Gasteiger partial charge in [-0.25, -0.2) is 4.79 Å². The molecular formula is C19H15N3O2. The highest BCUT2D eigenvalue weighted by Crippen LogP contribution is 2.37. The number of pyridine rings is 1. The van der Waals surface area contributed by atoms with Gasteiger partial charge in [0.25, 0.3) is 5.56 Å². The predicted molar refractivity (Wildman–Crippen MR) is 93.0 cm³/mol. The van der Waals surface area contributed by atoms with Crippen LogP contribution in [0.15, 0.2) is 52.3 Å². The lowest BCUT2D eigenvalue weighted by Gasteiger charge is -2.19. The van der Waals surface area contributed by atoms with Crippen molar-refractivity contribution in [3.05, 3.63) is 97.1 Å². The average Bonchev–Trinajstić information content (AvgIpc) is 2.72. The molecule has 3 aromatic rings. The zero-order valence-corrected chi connectivity index (χ0v) is 13.0. The molecule has 0 aliphatic heterocycles. The molecule has 2 N–H and O–H groups in total. The largest absolute Gasteiger partial charge is 0.325 e. The Balaban J connectivity index is 2.06. The van der Waals surface area contributed by atoms with Crippen molar-refractivity contribution in [2.75, 3.05) is 0 Å². The molecule has 1 atom stereocenters. The number of benzene rings is 1. The second kappa shape index (κ2) is 5.45. The molecule has 0 fully saturated rings. The van der Waals surface area contributed by atoms with E-state index >= 15 is 0 Å². The van der Waals surface area contributed by atoms with E-state index in [0.29, 0.717) is 5.56 Å². The first-order chi connectivity index (χ1) is 11.6. The van der Waals surface area contributed by atoms with E-state index in [0.717, 1.165) is 27.9 Å². The number of aromatic nitrogens is 3. The minimum Gasteiger partial charge on any atom is -0.314 e. The zero-order valence-electron chi connectivity index (χ0n) is 13.0. The Morgan fingerprint density at radius 3 is 2.75 bits per heavy atom. The van der Waals surface area contributed by atoms with E-state index in [9.17, 15) is 9.59 Å². The van der Waals surface area contributed by atoms with Crippen molar-refractivity contribution in [1.29, 1.82) is 0 Å². The fourth-order valence-electron chi connectivity index (χ4n) is 3.22. The van der Waals surface area contributed by atoms with E-state index in [1.165, 1.54) is 6.20 Å². The summed E-state index contributed by atoms with van der Waals surface area (Å²) in [4.78, 5) is 33.2. The Labute approximate surface area is 137 Å². The number of rotatable bonds is 1. The number of aromatic amines is 2. The Hall–Kier alpha value is -3.21. The van der Waals surface area contributed by atoms with Crippen molar-refractivity contribution >= 4 is 12.2 Å². The van der Waals surface area contributed by atoms with E-state index in [1.807, 2.05) is 43.3 Å². The Morgan fingerprint density at radius 2 is 1.92 bits per heavy atom. The standard InChI is InChI=1S/C19H15N3O2/c1-11-4-6-13-12(9-11)5-7-16-14(3-2-8-20-16)17(13)15-10-21-19(24)22-18(15)23/h2-10,17H,1H3,(H2,21,22,23,24). The molecule has 2 heterocycles. The maximum absolute atomic E-state index is 12.4. The lowest BCUT2D eigenvalue weighted by atomic mass is 9.84. The molecule has 4 rings (SSSR count). The van der Waals surface area contributed by atoms with Gasteiger partial charge in [0.05, 0.1) is 5.69 Å². The van der Waals surface area contributed by atoms with E-state index in [2.05, 4.69) is 21.0 Å². The van der Waals surface area contributed by atoms with Crippen molar-refractivity contribution in [3.63, 3.8) is 0 Å². The Bertz CT molecular complexity index is 1080. The van der Waals surface area contributed by atoms with Gasteiger partial charge in [0.1, 0.15) is 0 Å². The van der Waals surface area contributed by atoms with Crippen LogP contribution in [0, 0.1) is 6.92 Å². The third kappa shape index (κ3) is 2.31. The van der Waals surface area contributed by atoms with E-state index in [-0.39, 0.29) is 11.5 Å². The van der Waals surface area contributed by atoms with Gasteiger partial charge in [0.2, 0.25) is 0 Å². The highest BCUT2D eigenvalue weighted by Gasteiger charge is 2.26. The summed E-state index contributed by atoms with van der Waals surface area (Å²) < 4.78 is 0. The van der Waals surface area contributed by atoms with Crippen molar-refractivity contribution in [3.8, 4) is 0 Å². The molecule has 0 amide bonds. The molecule has 2 aromatic heterocycles. The van der Waals surface area contributed by atoms with Crippen molar-refractivity contribution < 1.29 is 0 Å². The SMILES string of the molecule is Cc1ccc2c(c1)C=Cc1ncccc1C2c1c[nH]c(=O)[nH]c1=O. The van der Waals surface area contributed by atoms with E-state index in [4.69, 9.17) is 0 Å². The summed E-state index contributed by atoms with van der Waals surface area (Å²) in [6, 6.07) is 9.98. The van der Waals surface area contributed by atoms with Gasteiger partial charge in [-0.15, -0.1) is 0 Å². The zero-order chi connectivity index (χ0) is 16.7. The minimum atomic E-state index is -0.508. The summed E-state index contributed by atoms with van der Waals surface area (Å²) in [5.41, 5.74) is 4.57. The molecule has 0 saturated heterocycles. The number of hydrogen-bond donors (Lipinski definition) is 2. The average molecular weight is 317 g/mol. The summed E-state index contributed by atoms with van der Waals surface area (Å²) in [5.74, 6) is -0.292. The molecule has 0 spiro atoms. The lowest BCUT2D eigenvalue weighted by Crippen LogP contribution is -2.27. The van der Waals surface area contributed by atoms with Crippen LogP contribution in [0.25, 0.3) is 12.2 Å². The van der Waals surface area contributed by atoms with Crippen LogP contribution >= 0.6 is 0 Å².